The highest BCUT2D eigenvalue weighted by Crippen LogP contribution is 2.24. The van der Waals surface area contributed by atoms with Gasteiger partial charge in [0, 0.05) is 31.8 Å². The molecule has 0 radical (unpaired) electrons. The molecule has 1 aliphatic carbocycles. The van der Waals surface area contributed by atoms with Crippen LogP contribution in [0.4, 0.5) is 0 Å². The minimum Gasteiger partial charge on any atom is -0.391 e. The lowest BCUT2D eigenvalue weighted by Gasteiger charge is -2.22. The van der Waals surface area contributed by atoms with Gasteiger partial charge in [0.05, 0.1) is 5.57 Å². The molecule has 4 nitrogen and oxygen atoms in total. The van der Waals surface area contributed by atoms with E-state index in [-0.39, 0.29) is 11.9 Å². The highest BCUT2D eigenvalue weighted by atomic mass is 16.1. The Hall–Kier alpha value is -1.55. The number of amides is 1. The average molecular weight is 205 g/mol. The molecule has 2 aliphatic rings. The molecule has 80 valence electrons. The van der Waals surface area contributed by atoms with Crippen molar-refractivity contribution in [3.63, 3.8) is 0 Å². The molecule has 0 aromatic heterocycles. The van der Waals surface area contributed by atoms with Gasteiger partial charge in [-0.15, -0.1) is 0 Å². The van der Waals surface area contributed by atoms with Crippen LogP contribution < -0.4 is 16.4 Å². The van der Waals surface area contributed by atoms with E-state index in [2.05, 4.69) is 10.6 Å². The fourth-order valence-corrected chi connectivity index (χ4v) is 1.95. The largest absolute Gasteiger partial charge is 0.391 e. The summed E-state index contributed by atoms with van der Waals surface area (Å²) in [6.07, 6.45) is 6.52. The van der Waals surface area contributed by atoms with Gasteiger partial charge in [0.2, 0.25) is 0 Å². The molecule has 2 rings (SSSR count). The van der Waals surface area contributed by atoms with Crippen molar-refractivity contribution >= 4 is 5.91 Å². The SMILES string of the molecule is CNC1=C(C2=CC=CC2N)C(=O)NCC1. The Morgan fingerprint density at radius 2 is 2.40 bits per heavy atom. The number of carbonyl (C=O) groups excluding carboxylic acids is 1. The van der Waals surface area contributed by atoms with Crippen molar-refractivity contribution in [2.45, 2.75) is 12.5 Å². The molecule has 0 saturated carbocycles. The first-order valence-corrected chi connectivity index (χ1v) is 5.07. The summed E-state index contributed by atoms with van der Waals surface area (Å²) in [5.74, 6) is -0.0315. The molecular formula is C11H15N3O. The van der Waals surface area contributed by atoms with Gasteiger partial charge in [-0.1, -0.05) is 18.2 Å². The first kappa shape index (κ1) is 9.98. The maximum atomic E-state index is 11.8. The van der Waals surface area contributed by atoms with E-state index < -0.39 is 0 Å². The molecule has 0 aromatic rings. The Morgan fingerprint density at radius 3 is 3.00 bits per heavy atom. The first-order valence-electron chi connectivity index (χ1n) is 5.07. The quantitative estimate of drug-likeness (QED) is 0.585. The van der Waals surface area contributed by atoms with E-state index in [9.17, 15) is 4.79 Å². The summed E-state index contributed by atoms with van der Waals surface area (Å²) >= 11 is 0. The van der Waals surface area contributed by atoms with Gasteiger partial charge >= 0.3 is 0 Å². The van der Waals surface area contributed by atoms with Gasteiger partial charge in [-0.3, -0.25) is 4.79 Å². The maximum absolute atomic E-state index is 11.8. The lowest BCUT2D eigenvalue weighted by Crippen LogP contribution is -2.37. The van der Waals surface area contributed by atoms with E-state index >= 15 is 0 Å². The molecule has 15 heavy (non-hydrogen) atoms. The molecule has 4 N–H and O–H groups in total. The molecule has 1 aliphatic heterocycles. The molecule has 4 heteroatoms. The average Bonchev–Trinajstić information content (AvgIpc) is 2.64. The summed E-state index contributed by atoms with van der Waals surface area (Å²) in [4.78, 5) is 11.8. The van der Waals surface area contributed by atoms with Gasteiger partial charge in [-0.25, -0.2) is 0 Å². The highest BCUT2D eigenvalue weighted by molar-refractivity contribution is 6.00. The Bertz CT molecular complexity index is 379. The second-order valence-corrected chi connectivity index (χ2v) is 3.64. The third-order valence-electron chi connectivity index (χ3n) is 2.73. The van der Waals surface area contributed by atoms with Crippen LogP contribution in [0.3, 0.4) is 0 Å². The second-order valence-electron chi connectivity index (χ2n) is 3.64. The molecule has 1 unspecified atom stereocenters. The van der Waals surface area contributed by atoms with Crippen LogP contribution in [0.2, 0.25) is 0 Å². The Labute approximate surface area is 88.9 Å². The van der Waals surface area contributed by atoms with Crippen LogP contribution in [0, 0.1) is 0 Å². The summed E-state index contributed by atoms with van der Waals surface area (Å²) in [5, 5.41) is 5.91. The monoisotopic (exact) mass is 205 g/mol. The Balaban J connectivity index is 2.39. The topological polar surface area (TPSA) is 67.1 Å². The van der Waals surface area contributed by atoms with Crippen LogP contribution >= 0.6 is 0 Å². The number of carbonyl (C=O) groups is 1. The molecule has 0 spiro atoms. The number of nitrogens with two attached hydrogens (primary N) is 1. The van der Waals surface area contributed by atoms with E-state index in [1.807, 2.05) is 25.3 Å². The van der Waals surface area contributed by atoms with Crippen LogP contribution in [-0.4, -0.2) is 25.5 Å². The molecule has 1 heterocycles. The molecule has 0 fully saturated rings. The van der Waals surface area contributed by atoms with E-state index in [1.54, 1.807) is 0 Å². The van der Waals surface area contributed by atoms with E-state index in [1.165, 1.54) is 0 Å². The summed E-state index contributed by atoms with van der Waals surface area (Å²) in [5.41, 5.74) is 8.48. The third kappa shape index (κ3) is 1.68. The van der Waals surface area contributed by atoms with Gasteiger partial charge in [0.1, 0.15) is 0 Å². The smallest absolute Gasteiger partial charge is 0.253 e. The molecule has 1 atom stereocenters. The Kier molecular flexibility index (Phi) is 2.60. The standard InChI is InChI=1S/C11H15N3O/c1-13-9-5-6-14-11(15)10(9)7-3-2-4-8(7)12/h2-4,8,13H,5-6,12H2,1H3,(H,14,15). The van der Waals surface area contributed by atoms with Crippen LogP contribution in [0.5, 0.6) is 0 Å². The van der Waals surface area contributed by atoms with Gasteiger partial charge < -0.3 is 16.4 Å². The number of nitrogens with one attached hydrogen (secondary N) is 2. The highest BCUT2D eigenvalue weighted by Gasteiger charge is 2.26. The predicted molar refractivity (Wildman–Crippen MR) is 58.9 cm³/mol. The van der Waals surface area contributed by atoms with Crippen molar-refractivity contribution in [3.05, 3.63) is 35.1 Å². The number of hydrogen-bond acceptors (Lipinski definition) is 3. The summed E-state index contributed by atoms with van der Waals surface area (Å²) < 4.78 is 0. The number of rotatable bonds is 2. The summed E-state index contributed by atoms with van der Waals surface area (Å²) in [6, 6.07) is -0.160. The number of allylic oxidation sites excluding steroid dienone is 2. The zero-order chi connectivity index (χ0) is 10.8. The fraction of sp³-hybridized carbons (Fsp3) is 0.364. The number of hydrogen-bond donors (Lipinski definition) is 3. The molecule has 1 amide bonds. The van der Waals surface area contributed by atoms with Gasteiger partial charge in [0.15, 0.2) is 0 Å². The minimum atomic E-state index is -0.160. The summed E-state index contributed by atoms with van der Waals surface area (Å²) in [6.45, 7) is 0.689. The first-order chi connectivity index (χ1) is 7.24. The third-order valence-corrected chi connectivity index (χ3v) is 2.73. The van der Waals surface area contributed by atoms with Crippen LogP contribution in [0.15, 0.2) is 35.1 Å². The zero-order valence-electron chi connectivity index (χ0n) is 8.71. The fourth-order valence-electron chi connectivity index (χ4n) is 1.95. The van der Waals surface area contributed by atoms with Crippen molar-refractivity contribution < 1.29 is 4.79 Å². The van der Waals surface area contributed by atoms with E-state index in [4.69, 9.17) is 5.73 Å². The molecule has 0 bridgehead atoms. The minimum absolute atomic E-state index is 0.0315. The van der Waals surface area contributed by atoms with Crippen LogP contribution in [-0.2, 0) is 4.79 Å². The molecule has 0 aromatic carbocycles. The van der Waals surface area contributed by atoms with E-state index in [0.29, 0.717) is 12.1 Å². The lowest BCUT2D eigenvalue weighted by atomic mass is 9.95. The zero-order valence-corrected chi connectivity index (χ0v) is 8.71. The van der Waals surface area contributed by atoms with Crippen molar-refractivity contribution in [2.24, 2.45) is 5.73 Å². The van der Waals surface area contributed by atoms with Crippen molar-refractivity contribution in [1.29, 1.82) is 0 Å². The molecule has 0 saturated heterocycles. The normalized spacial score (nSPS) is 25.3. The molecular weight excluding hydrogens is 190 g/mol. The van der Waals surface area contributed by atoms with Crippen molar-refractivity contribution in [2.75, 3.05) is 13.6 Å². The van der Waals surface area contributed by atoms with Crippen molar-refractivity contribution in [1.82, 2.24) is 10.6 Å². The van der Waals surface area contributed by atoms with E-state index in [0.717, 1.165) is 17.7 Å². The van der Waals surface area contributed by atoms with Crippen LogP contribution in [0.1, 0.15) is 6.42 Å². The van der Waals surface area contributed by atoms with Gasteiger partial charge in [-0.05, 0) is 5.57 Å². The van der Waals surface area contributed by atoms with Crippen molar-refractivity contribution in [3.8, 4) is 0 Å². The van der Waals surface area contributed by atoms with Crippen LogP contribution in [0.25, 0.3) is 0 Å². The van der Waals surface area contributed by atoms with Gasteiger partial charge in [-0.2, -0.15) is 0 Å². The maximum Gasteiger partial charge on any atom is 0.253 e. The summed E-state index contributed by atoms with van der Waals surface area (Å²) in [7, 11) is 1.84. The van der Waals surface area contributed by atoms with Gasteiger partial charge in [0.25, 0.3) is 5.91 Å². The predicted octanol–water partition coefficient (Wildman–Crippen LogP) is -0.197. The lowest BCUT2D eigenvalue weighted by molar-refractivity contribution is -0.117. The Morgan fingerprint density at radius 1 is 1.60 bits per heavy atom. The second kappa shape index (κ2) is 3.90.